The molecule has 1 radical (unpaired) electrons. The lowest BCUT2D eigenvalue weighted by atomic mass is 9.98. The monoisotopic (exact) mass is 205 g/mol. The molecule has 0 aromatic heterocycles. The summed E-state index contributed by atoms with van der Waals surface area (Å²) in [4.78, 5) is 0. The van der Waals surface area contributed by atoms with Gasteiger partial charge in [0.2, 0.25) is 0 Å². The Morgan fingerprint density at radius 3 is 2.56 bits per heavy atom. The lowest BCUT2D eigenvalue weighted by molar-refractivity contribution is 1.43. The molecule has 0 saturated heterocycles. The Morgan fingerprint density at radius 1 is 0.875 bits per heavy atom. The first-order valence-electron chi connectivity index (χ1n) is 5.56. The summed E-state index contributed by atoms with van der Waals surface area (Å²) in [6.07, 6.45) is 0. The van der Waals surface area contributed by atoms with Gasteiger partial charge in [0.1, 0.15) is 0 Å². The van der Waals surface area contributed by atoms with Gasteiger partial charge < -0.3 is 0 Å². The lowest BCUT2D eigenvalue weighted by Gasteiger charge is -2.06. The van der Waals surface area contributed by atoms with Crippen LogP contribution in [0.25, 0.3) is 21.5 Å². The molecule has 3 aromatic rings. The molecular weight excluding hydrogens is 192 g/mol. The van der Waals surface area contributed by atoms with Crippen molar-refractivity contribution < 1.29 is 0 Å². The highest BCUT2D eigenvalue weighted by Crippen LogP contribution is 2.25. The molecule has 0 saturated carbocycles. The first-order valence-corrected chi connectivity index (χ1v) is 5.56. The molecule has 0 bridgehead atoms. The van der Waals surface area contributed by atoms with Crippen molar-refractivity contribution in [1.29, 1.82) is 0 Å². The first kappa shape index (κ1) is 9.41. The Labute approximate surface area is 95.5 Å². The fourth-order valence-electron chi connectivity index (χ4n) is 2.32. The van der Waals surface area contributed by atoms with Crippen LogP contribution in [0.15, 0.2) is 42.5 Å². The molecule has 0 aliphatic heterocycles. The number of hydrogen-bond donors (Lipinski definition) is 0. The number of aryl methyl sites for hydroxylation is 2. The van der Waals surface area contributed by atoms with Crippen molar-refractivity contribution in [2.75, 3.05) is 0 Å². The van der Waals surface area contributed by atoms with E-state index in [2.05, 4.69) is 62.4 Å². The summed E-state index contributed by atoms with van der Waals surface area (Å²) in [6, 6.07) is 18.6. The van der Waals surface area contributed by atoms with Crippen molar-refractivity contribution >= 4 is 21.5 Å². The normalized spacial score (nSPS) is 11.1. The van der Waals surface area contributed by atoms with E-state index in [1.165, 1.54) is 32.7 Å². The third-order valence-corrected chi connectivity index (χ3v) is 3.04. The molecule has 0 heteroatoms. The average molecular weight is 205 g/mol. The third-order valence-electron chi connectivity index (χ3n) is 3.04. The highest BCUT2D eigenvalue weighted by Gasteiger charge is 2.01. The highest BCUT2D eigenvalue weighted by molar-refractivity contribution is 5.99. The minimum atomic E-state index is 1.20. The van der Waals surface area contributed by atoms with Crippen LogP contribution in [0, 0.1) is 19.9 Å². The van der Waals surface area contributed by atoms with Gasteiger partial charge in [-0.15, -0.1) is 0 Å². The molecule has 0 amide bonds. The maximum Gasteiger partial charge on any atom is -0.00116 e. The molecule has 0 unspecified atom stereocenters. The summed E-state index contributed by atoms with van der Waals surface area (Å²) >= 11 is 0. The predicted molar refractivity (Wildman–Crippen MR) is 69.8 cm³/mol. The first-order chi connectivity index (χ1) is 7.74. The summed E-state index contributed by atoms with van der Waals surface area (Å²) in [5.74, 6) is 0. The Hall–Kier alpha value is -1.82. The van der Waals surface area contributed by atoms with E-state index in [1.807, 2.05) is 0 Å². The smallest absolute Gasteiger partial charge is 0.00116 e. The molecule has 0 heterocycles. The van der Waals surface area contributed by atoms with Gasteiger partial charge in [0.05, 0.1) is 0 Å². The van der Waals surface area contributed by atoms with Crippen molar-refractivity contribution in [2.45, 2.75) is 13.8 Å². The molecule has 0 spiro atoms. The average Bonchev–Trinajstić information content (AvgIpc) is 2.27. The summed E-state index contributed by atoms with van der Waals surface area (Å²) in [5, 5.41) is 4.99. The maximum atomic E-state index is 3.50. The number of fused-ring (bicyclic) bond motifs is 2. The summed E-state index contributed by atoms with van der Waals surface area (Å²) in [6.45, 7) is 4.29. The van der Waals surface area contributed by atoms with E-state index in [0.717, 1.165) is 0 Å². The van der Waals surface area contributed by atoms with Gasteiger partial charge in [-0.2, -0.15) is 0 Å². The third kappa shape index (κ3) is 1.38. The van der Waals surface area contributed by atoms with Crippen molar-refractivity contribution in [2.24, 2.45) is 0 Å². The van der Waals surface area contributed by atoms with Crippen molar-refractivity contribution in [3.8, 4) is 0 Å². The molecule has 3 rings (SSSR count). The maximum absolute atomic E-state index is 3.50. The Bertz CT molecular complexity index is 678. The van der Waals surface area contributed by atoms with Gasteiger partial charge in [0.15, 0.2) is 0 Å². The number of hydrogen-bond acceptors (Lipinski definition) is 0. The fraction of sp³-hybridized carbons (Fsp3) is 0.125. The fourth-order valence-corrected chi connectivity index (χ4v) is 2.32. The van der Waals surface area contributed by atoms with E-state index >= 15 is 0 Å². The van der Waals surface area contributed by atoms with Crippen LogP contribution in [0.2, 0.25) is 0 Å². The van der Waals surface area contributed by atoms with Gasteiger partial charge in [-0.05, 0) is 53.1 Å². The van der Waals surface area contributed by atoms with Crippen LogP contribution in [-0.4, -0.2) is 0 Å². The van der Waals surface area contributed by atoms with Gasteiger partial charge >= 0.3 is 0 Å². The zero-order chi connectivity index (χ0) is 11.1. The molecule has 0 aliphatic rings. The SMILES string of the molecule is Cc1cc(C)c2[c]c3ccccc3cc2c1. The van der Waals surface area contributed by atoms with Crippen molar-refractivity contribution in [3.05, 3.63) is 59.7 Å². The molecule has 3 aromatic carbocycles. The zero-order valence-electron chi connectivity index (χ0n) is 9.54. The lowest BCUT2D eigenvalue weighted by Crippen LogP contribution is -1.83. The topological polar surface area (TPSA) is 0 Å². The van der Waals surface area contributed by atoms with E-state index in [1.54, 1.807) is 0 Å². The van der Waals surface area contributed by atoms with Gasteiger partial charge in [0, 0.05) is 0 Å². The molecule has 0 atom stereocenters. The number of rotatable bonds is 0. The summed E-state index contributed by atoms with van der Waals surface area (Å²) in [5.41, 5.74) is 2.62. The molecule has 0 aliphatic carbocycles. The number of benzene rings is 3. The van der Waals surface area contributed by atoms with Gasteiger partial charge in [0.25, 0.3) is 0 Å². The molecule has 0 fully saturated rings. The van der Waals surface area contributed by atoms with Gasteiger partial charge in [-0.1, -0.05) is 42.0 Å². The van der Waals surface area contributed by atoms with E-state index in [4.69, 9.17) is 0 Å². The molecule has 0 nitrogen and oxygen atoms in total. The largest absolute Gasteiger partial charge is 0.0616 e. The predicted octanol–water partition coefficient (Wildman–Crippen LogP) is 4.41. The minimum absolute atomic E-state index is 1.20. The molecular formula is C16H13. The van der Waals surface area contributed by atoms with E-state index in [9.17, 15) is 0 Å². The van der Waals surface area contributed by atoms with E-state index in [-0.39, 0.29) is 0 Å². The van der Waals surface area contributed by atoms with Crippen LogP contribution in [0.5, 0.6) is 0 Å². The van der Waals surface area contributed by atoms with E-state index < -0.39 is 0 Å². The standard InChI is InChI=1S/C16H13/c1-11-7-12(2)16-10-14-6-4-3-5-13(14)9-15(16)8-11/h3-9H,1-2H3. The van der Waals surface area contributed by atoms with Gasteiger partial charge in [-0.25, -0.2) is 0 Å². The minimum Gasteiger partial charge on any atom is -0.0616 e. The highest BCUT2D eigenvalue weighted by atomic mass is 14.1. The molecule has 16 heavy (non-hydrogen) atoms. The van der Waals surface area contributed by atoms with Crippen LogP contribution in [0.1, 0.15) is 11.1 Å². The quantitative estimate of drug-likeness (QED) is 0.477. The second kappa shape index (κ2) is 3.34. The van der Waals surface area contributed by atoms with E-state index in [0.29, 0.717) is 0 Å². The van der Waals surface area contributed by atoms with Crippen LogP contribution >= 0.6 is 0 Å². The Balaban J connectivity index is 2.51. The van der Waals surface area contributed by atoms with Crippen molar-refractivity contribution in [1.82, 2.24) is 0 Å². The Morgan fingerprint density at radius 2 is 1.69 bits per heavy atom. The van der Waals surface area contributed by atoms with Crippen molar-refractivity contribution in [3.63, 3.8) is 0 Å². The second-order valence-electron chi connectivity index (χ2n) is 4.40. The van der Waals surface area contributed by atoms with Gasteiger partial charge in [-0.3, -0.25) is 0 Å². The van der Waals surface area contributed by atoms with Crippen LogP contribution in [-0.2, 0) is 0 Å². The van der Waals surface area contributed by atoms with Crippen LogP contribution in [0.4, 0.5) is 0 Å². The van der Waals surface area contributed by atoms with Crippen LogP contribution < -0.4 is 0 Å². The summed E-state index contributed by atoms with van der Waals surface area (Å²) < 4.78 is 0. The second-order valence-corrected chi connectivity index (χ2v) is 4.40. The Kier molecular flexibility index (Phi) is 1.97. The summed E-state index contributed by atoms with van der Waals surface area (Å²) in [7, 11) is 0. The van der Waals surface area contributed by atoms with Crippen LogP contribution in [0.3, 0.4) is 0 Å². The molecule has 0 N–H and O–H groups in total. The zero-order valence-corrected chi connectivity index (χ0v) is 9.54. The molecule has 77 valence electrons.